The molecule has 0 N–H and O–H groups in total. The van der Waals surface area contributed by atoms with Crippen LogP contribution in [-0.2, 0) is 9.47 Å². The minimum atomic E-state index is -0.895. The Bertz CT molecular complexity index is 786. The van der Waals surface area contributed by atoms with Crippen LogP contribution in [0.15, 0.2) is 24.3 Å². The molecule has 0 amide bonds. The summed E-state index contributed by atoms with van der Waals surface area (Å²) in [6.07, 6.45) is -2.51. The minimum Gasteiger partial charge on any atom is -0.490 e. The first-order valence-electron chi connectivity index (χ1n) is 8.72. The van der Waals surface area contributed by atoms with Gasteiger partial charge in [-0.2, -0.15) is 0 Å². The van der Waals surface area contributed by atoms with Crippen LogP contribution in [0.2, 0.25) is 0 Å². The number of methoxy groups -OCH3 is 2. The number of carbonyl (C=O) groups is 2. The monoisotopic (exact) mass is 392 g/mol. The van der Waals surface area contributed by atoms with E-state index in [2.05, 4.69) is 0 Å². The van der Waals surface area contributed by atoms with E-state index in [0.717, 1.165) is 0 Å². The van der Waals surface area contributed by atoms with Crippen molar-refractivity contribution in [3.63, 3.8) is 0 Å². The van der Waals surface area contributed by atoms with Crippen molar-refractivity contribution in [3.05, 3.63) is 24.3 Å². The number of hydrogen-bond acceptors (Lipinski definition) is 8. The molecule has 2 rings (SSSR count). The topological polar surface area (TPSA) is 89.5 Å². The fraction of sp³-hybridized carbons (Fsp3) is 0.400. The summed E-state index contributed by atoms with van der Waals surface area (Å²) in [6, 6.07) is 6.86. The summed E-state index contributed by atoms with van der Waals surface area (Å²) in [6.45, 7) is 6.81. The van der Waals surface area contributed by atoms with E-state index in [1.165, 1.54) is 14.2 Å². The van der Waals surface area contributed by atoms with Crippen molar-refractivity contribution < 1.29 is 38.0 Å². The molecular weight excluding hydrogens is 368 g/mol. The molecule has 0 saturated carbocycles. The second-order valence-corrected chi connectivity index (χ2v) is 6.31. The average Bonchev–Trinajstić information content (AvgIpc) is 2.61. The van der Waals surface area contributed by atoms with Crippen LogP contribution in [0.1, 0.15) is 27.7 Å². The normalized spacial score (nSPS) is 10.7. The maximum Gasteiger partial charge on any atom is 0.514 e. The Labute approximate surface area is 163 Å². The molecule has 0 unspecified atom stereocenters. The van der Waals surface area contributed by atoms with Gasteiger partial charge in [-0.25, -0.2) is 9.59 Å². The largest absolute Gasteiger partial charge is 0.514 e. The lowest BCUT2D eigenvalue weighted by molar-refractivity contribution is 0.0698. The van der Waals surface area contributed by atoms with Gasteiger partial charge in [-0.05, 0) is 27.7 Å². The molecule has 28 heavy (non-hydrogen) atoms. The molecule has 2 aromatic carbocycles. The van der Waals surface area contributed by atoms with E-state index < -0.39 is 12.3 Å². The van der Waals surface area contributed by atoms with Crippen molar-refractivity contribution in [3.8, 4) is 23.0 Å². The fourth-order valence-corrected chi connectivity index (χ4v) is 2.50. The number of carbonyl (C=O) groups excluding carboxylic acids is 2. The predicted molar refractivity (Wildman–Crippen MR) is 102 cm³/mol. The Hall–Kier alpha value is -3.16. The van der Waals surface area contributed by atoms with E-state index in [9.17, 15) is 9.59 Å². The van der Waals surface area contributed by atoms with E-state index in [0.29, 0.717) is 10.8 Å². The molecular formula is C20H24O8. The molecule has 0 fully saturated rings. The smallest absolute Gasteiger partial charge is 0.490 e. The summed E-state index contributed by atoms with van der Waals surface area (Å²) in [5.74, 6) is 0.332. The molecule has 0 bridgehead atoms. The van der Waals surface area contributed by atoms with Gasteiger partial charge in [-0.15, -0.1) is 0 Å². The molecule has 8 nitrogen and oxygen atoms in total. The molecule has 2 aromatic rings. The van der Waals surface area contributed by atoms with E-state index in [1.54, 1.807) is 52.0 Å². The fourth-order valence-electron chi connectivity index (χ4n) is 2.50. The van der Waals surface area contributed by atoms with Crippen LogP contribution in [0, 0.1) is 0 Å². The highest BCUT2D eigenvalue weighted by molar-refractivity contribution is 6.00. The van der Waals surface area contributed by atoms with Gasteiger partial charge in [0.15, 0.2) is 11.5 Å². The van der Waals surface area contributed by atoms with Crippen LogP contribution in [0.3, 0.4) is 0 Å². The highest BCUT2D eigenvalue weighted by Gasteiger charge is 2.27. The van der Waals surface area contributed by atoms with Gasteiger partial charge in [0.2, 0.25) is 11.5 Å². The number of benzene rings is 2. The molecule has 0 aliphatic carbocycles. The van der Waals surface area contributed by atoms with E-state index in [4.69, 9.17) is 28.4 Å². The lowest BCUT2D eigenvalue weighted by atomic mass is 10.1. The second kappa shape index (κ2) is 9.16. The zero-order valence-corrected chi connectivity index (χ0v) is 16.7. The first kappa shape index (κ1) is 21.1. The van der Waals surface area contributed by atoms with E-state index in [1.807, 2.05) is 0 Å². The zero-order valence-electron chi connectivity index (χ0n) is 16.7. The summed E-state index contributed by atoms with van der Waals surface area (Å²) in [4.78, 5) is 24.1. The van der Waals surface area contributed by atoms with Crippen molar-refractivity contribution in [1.82, 2.24) is 0 Å². The predicted octanol–water partition coefficient (Wildman–Crippen LogP) is 4.70. The molecule has 0 heterocycles. The molecule has 0 saturated heterocycles. The highest BCUT2D eigenvalue weighted by Crippen LogP contribution is 2.51. The van der Waals surface area contributed by atoms with Crippen molar-refractivity contribution in [2.75, 3.05) is 14.2 Å². The van der Waals surface area contributed by atoms with Gasteiger partial charge in [0.1, 0.15) is 0 Å². The lowest BCUT2D eigenvalue weighted by Gasteiger charge is -2.19. The third kappa shape index (κ3) is 4.76. The Morgan fingerprint density at radius 2 is 1.04 bits per heavy atom. The van der Waals surface area contributed by atoms with Crippen LogP contribution in [0.25, 0.3) is 10.8 Å². The maximum absolute atomic E-state index is 12.1. The number of fused-ring (bicyclic) bond motifs is 1. The maximum atomic E-state index is 12.1. The summed E-state index contributed by atoms with van der Waals surface area (Å²) in [5, 5.41) is 0.932. The quantitative estimate of drug-likeness (QED) is 0.516. The zero-order chi connectivity index (χ0) is 20.8. The molecule has 0 aliphatic rings. The molecule has 0 aliphatic heterocycles. The highest BCUT2D eigenvalue weighted by atomic mass is 16.7. The first-order valence-corrected chi connectivity index (χ1v) is 8.72. The summed E-state index contributed by atoms with van der Waals surface area (Å²) >= 11 is 0. The third-order valence-electron chi connectivity index (χ3n) is 3.48. The van der Waals surface area contributed by atoms with Crippen molar-refractivity contribution in [2.24, 2.45) is 0 Å². The number of hydrogen-bond donors (Lipinski definition) is 0. The van der Waals surface area contributed by atoms with Gasteiger partial charge in [0.05, 0.1) is 26.4 Å². The van der Waals surface area contributed by atoms with Crippen LogP contribution in [0.4, 0.5) is 9.59 Å². The Balaban J connectivity index is 2.64. The van der Waals surface area contributed by atoms with Gasteiger partial charge in [-0.1, -0.05) is 24.3 Å². The second-order valence-electron chi connectivity index (χ2n) is 6.31. The van der Waals surface area contributed by atoms with Crippen molar-refractivity contribution in [2.45, 2.75) is 39.9 Å². The Morgan fingerprint density at radius 1 is 0.679 bits per heavy atom. The van der Waals surface area contributed by atoms with E-state index >= 15 is 0 Å². The standard InChI is InChI=1S/C20H24O8/c1-11(2)25-19(21)27-15-13-9-7-8-10-14(13)16(18(24-6)17(15)23-5)28-20(22)26-12(3)4/h7-12H,1-6H3. The Morgan fingerprint density at radius 3 is 1.32 bits per heavy atom. The van der Waals surface area contributed by atoms with E-state index in [-0.39, 0.29) is 35.2 Å². The molecule has 0 radical (unpaired) electrons. The van der Waals surface area contributed by atoms with Crippen LogP contribution >= 0.6 is 0 Å². The summed E-state index contributed by atoms with van der Waals surface area (Å²) in [5.41, 5.74) is 0. The van der Waals surface area contributed by atoms with Gasteiger partial charge < -0.3 is 28.4 Å². The van der Waals surface area contributed by atoms with Crippen molar-refractivity contribution >= 4 is 23.1 Å². The molecule has 0 spiro atoms. The molecule has 0 aromatic heterocycles. The van der Waals surface area contributed by atoms with Gasteiger partial charge >= 0.3 is 12.3 Å². The molecule has 8 heteroatoms. The van der Waals surface area contributed by atoms with Crippen LogP contribution < -0.4 is 18.9 Å². The summed E-state index contributed by atoms with van der Waals surface area (Å²) in [7, 11) is 2.76. The minimum absolute atomic E-state index is 0.0780. The molecule has 152 valence electrons. The van der Waals surface area contributed by atoms with Gasteiger partial charge in [-0.3, -0.25) is 0 Å². The van der Waals surface area contributed by atoms with Gasteiger partial charge in [0.25, 0.3) is 0 Å². The van der Waals surface area contributed by atoms with Crippen LogP contribution in [0.5, 0.6) is 23.0 Å². The van der Waals surface area contributed by atoms with Gasteiger partial charge in [0, 0.05) is 10.8 Å². The number of ether oxygens (including phenoxy) is 6. The Kier molecular flexibility index (Phi) is 6.92. The lowest BCUT2D eigenvalue weighted by Crippen LogP contribution is -2.18. The van der Waals surface area contributed by atoms with Crippen LogP contribution in [-0.4, -0.2) is 38.7 Å². The first-order chi connectivity index (χ1) is 13.3. The summed E-state index contributed by atoms with van der Waals surface area (Å²) < 4.78 is 31.7. The average molecular weight is 392 g/mol. The van der Waals surface area contributed by atoms with Crippen molar-refractivity contribution in [1.29, 1.82) is 0 Å². The SMILES string of the molecule is COc1c(OC)c(OC(=O)OC(C)C)c2ccccc2c1OC(=O)OC(C)C. The molecule has 0 atom stereocenters. The third-order valence-corrected chi connectivity index (χ3v) is 3.48. The number of rotatable bonds is 6.